The first kappa shape index (κ1) is 19.8. The second kappa shape index (κ2) is 7.21. The van der Waals surface area contributed by atoms with Gasteiger partial charge in [-0.25, -0.2) is 0 Å². The number of Topliss-reactive ketones (excluding diaryl/α,β-unsaturated/α-hetero) is 1. The second-order valence-electron chi connectivity index (χ2n) is 6.83. The molecule has 0 aliphatic heterocycles. The van der Waals surface area contributed by atoms with Crippen molar-refractivity contribution >= 4 is 21.7 Å². The summed E-state index contributed by atoms with van der Waals surface area (Å²) in [4.78, 5) is 21.1. The Hall–Kier alpha value is -1.97. The summed E-state index contributed by atoms with van der Waals surface area (Å²) in [6, 6.07) is 1.22. The van der Waals surface area contributed by atoms with Gasteiger partial charge in [0.1, 0.15) is 11.4 Å². The number of alkyl halides is 3. The van der Waals surface area contributed by atoms with Crippen LogP contribution in [0.2, 0.25) is 0 Å². The number of halogens is 4. The summed E-state index contributed by atoms with van der Waals surface area (Å²) in [5, 5.41) is 3.97. The highest BCUT2D eigenvalue weighted by Gasteiger charge is 2.47. The average molecular weight is 448 g/mol. The van der Waals surface area contributed by atoms with Crippen molar-refractivity contribution < 1.29 is 27.2 Å². The lowest BCUT2D eigenvalue weighted by Crippen LogP contribution is -2.30. The normalized spacial score (nSPS) is 16.8. The summed E-state index contributed by atoms with van der Waals surface area (Å²) >= 11 is 3.08. The van der Waals surface area contributed by atoms with Gasteiger partial charge in [-0.2, -0.15) is 18.2 Å². The zero-order chi connectivity index (χ0) is 19.8. The van der Waals surface area contributed by atoms with Crippen LogP contribution in [-0.4, -0.2) is 33.7 Å². The van der Waals surface area contributed by atoms with Crippen molar-refractivity contribution in [1.82, 2.24) is 15.1 Å². The van der Waals surface area contributed by atoms with Crippen LogP contribution in [-0.2, 0) is 5.41 Å². The van der Waals surface area contributed by atoms with Gasteiger partial charge in [0, 0.05) is 31.0 Å². The fourth-order valence-electron chi connectivity index (χ4n) is 2.92. The van der Waals surface area contributed by atoms with E-state index in [1.165, 1.54) is 12.3 Å². The molecule has 0 amide bonds. The predicted octanol–water partition coefficient (Wildman–Crippen LogP) is 4.42. The molecule has 146 valence electrons. The minimum atomic E-state index is -4.48. The molecule has 0 radical (unpaired) electrons. The third-order valence-electron chi connectivity index (χ3n) is 4.54. The summed E-state index contributed by atoms with van der Waals surface area (Å²) in [5.41, 5.74) is -0.584. The molecule has 1 aliphatic carbocycles. The fourth-order valence-corrected chi connectivity index (χ4v) is 3.26. The van der Waals surface area contributed by atoms with Crippen molar-refractivity contribution in [1.29, 1.82) is 0 Å². The standard InChI is InChI=1S/C17H17BrF3N3O3/c1-9-23-15(24-27-9)16(2,10-3-4-10)6-13(25)12-5-14(11(18)7-22-12)26-8-17(19,20)21/h5,7,10H,3-4,6,8H2,1-2H3. The van der Waals surface area contributed by atoms with Gasteiger partial charge < -0.3 is 9.26 Å². The van der Waals surface area contributed by atoms with Crippen LogP contribution in [0, 0.1) is 12.8 Å². The molecule has 0 bridgehead atoms. The molecular weight excluding hydrogens is 431 g/mol. The molecule has 1 saturated carbocycles. The monoisotopic (exact) mass is 447 g/mol. The van der Waals surface area contributed by atoms with Crippen LogP contribution in [0.25, 0.3) is 0 Å². The van der Waals surface area contributed by atoms with Crippen molar-refractivity contribution in [2.24, 2.45) is 5.92 Å². The lowest BCUT2D eigenvalue weighted by molar-refractivity contribution is -0.153. The first-order chi connectivity index (χ1) is 12.6. The number of nitrogens with zero attached hydrogens (tertiary/aromatic N) is 3. The van der Waals surface area contributed by atoms with Gasteiger partial charge in [-0.05, 0) is 34.7 Å². The Bertz CT molecular complexity index is 851. The quantitative estimate of drug-likeness (QED) is 0.584. The van der Waals surface area contributed by atoms with Crippen LogP contribution >= 0.6 is 15.9 Å². The molecule has 2 aromatic heterocycles. The molecule has 0 aromatic carbocycles. The van der Waals surface area contributed by atoms with Crippen LogP contribution in [0.1, 0.15) is 48.4 Å². The minimum Gasteiger partial charge on any atom is -0.483 e. The molecule has 0 saturated heterocycles. The summed E-state index contributed by atoms with van der Waals surface area (Å²) in [5.74, 6) is 0.704. The van der Waals surface area contributed by atoms with Crippen LogP contribution in [0.4, 0.5) is 13.2 Å². The highest BCUT2D eigenvalue weighted by Crippen LogP contribution is 2.48. The van der Waals surface area contributed by atoms with E-state index in [-0.39, 0.29) is 34.0 Å². The number of carbonyl (C=O) groups is 1. The summed E-state index contributed by atoms with van der Waals surface area (Å²) in [6.45, 7) is 2.12. The number of hydrogen-bond donors (Lipinski definition) is 0. The molecule has 0 spiro atoms. The van der Waals surface area contributed by atoms with Crippen molar-refractivity contribution in [3.05, 3.63) is 34.1 Å². The number of carbonyl (C=O) groups excluding carboxylic acids is 1. The Labute approximate surface area is 161 Å². The van der Waals surface area contributed by atoms with Gasteiger partial charge in [0.25, 0.3) is 0 Å². The molecule has 1 unspecified atom stereocenters. The van der Waals surface area contributed by atoms with E-state index in [9.17, 15) is 18.0 Å². The number of aromatic nitrogens is 3. The second-order valence-corrected chi connectivity index (χ2v) is 7.69. The molecule has 1 aliphatic rings. The van der Waals surface area contributed by atoms with Crippen molar-refractivity contribution in [2.45, 2.75) is 44.7 Å². The van der Waals surface area contributed by atoms with E-state index < -0.39 is 18.2 Å². The maximum atomic E-state index is 12.8. The molecule has 0 N–H and O–H groups in total. The van der Waals surface area contributed by atoms with Crippen molar-refractivity contribution in [3.8, 4) is 5.75 Å². The number of rotatable bonds is 7. The van der Waals surface area contributed by atoms with Crippen molar-refractivity contribution in [3.63, 3.8) is 0 Å². The molecule has 27 heavy (non-hydrogen) atoms. The number of ether oxygens (including phenoxy) is 1. The van der Waals surface area contributed by atoms with Gasteiger partial charge in [-0.1, -0.05) is 12.1 Å². The lowest BCUT2D eigenvalue weighted by atomic mass is 9.78. The van der Waals surface area contributed by atoms with Crippen LogP contribution < -0.4 is 4.74 Å². The van der Waals surface area contributed by atoms with Crippen LogP contribution in [0.5, 0.6) is 5.75 Å². The van der Waals surface area contributed by atoms with E-state index in [0.29, 0.717) is 11.7 Å². The number of pyridine rings is 1. The topological polar surface area (TPSA) is 78.1 Å². The SMILES string of the molecule is Cc1nc(C(C)(CC(=O)c2cc(OCC(F)(F)F)c(Br)cn2)C2CC2)no1. The van der Waals surface area contributed by atoms with E-state index in [2.05, 4.69) is 31.1 Å². The van der Waals surface area contributed by atoms with Gasteiger partial charge in [0.15, 0.2) is 18.2 Å². The van der Waals surface area contributed by atoms with E-state index in [4.69, 9.17) is 9.26 Å². The highest BCUT2D eigenvalue weighted by molar-refractivity contribution is 9.10. The molecular formula is C17H17BrF3N3O3. The molecule has 1 atom stereocenters. The Morgan fingerprint density at radius 3 is 2.67 bits per heavy atom. The van der Waals surface area contributed by atoms with E-state index in [0.717, 1.165) is 12.8 Å². The first-order valence-electron chi connectivity index (χ1n) is 8.27. The number of ketones is 1. The van der Waals surface area contributed by atoms with E-state index in [1.807, 2.05) is 6.92 Å². The molecule has 6 nitrogen and oxygen atoms in total. The third kappa shape index (κ3) is 4.66. The molecule has 1 fully saturated rings. The zero-order valence-corrected chi connectivity index (χ0v) is 16.2. The summed E-state index contributed by atoms with van der Waals surface area (Å²) in [6.07, 6.45) is -1.25. The molecule has 3 rings (SSSR count). The van der Waals surface area contributed by atoms with Gasteiger partial charge in [-0.15, -0.1) is 0 Å². The van der Waals surface area contributed by atoms with Gasteiger partial charge >= 0.3 is 6.18 Å². The highest BCUT2D eigenvalue weighted by atomic mass is 79.9. The van der Waals surface area contributed by atoms with Crippen LogP contribution in [0.3, 0.4) is 0 Å². The smallest absolute Gasteiger partial charge is 0.422 e. The third-order valence-corrected chi connectivity index (χ3v) is 5.14. The molecule has 2 aromatic rings. The van der Waals surface area contributed by atoms with Gasteiger partial charge in [-0.3, -0.25) is 9.78 Å². The summed E-state index contributed by atoms with van der Waals surface area (Å²) in [7, 11) is 0. The Morgan fingerprint density at radius 1 is 1.41 bits per heavy atom. The zero-order valence-electron chi connectivity index (χ0n) is 14.6. The van der Waals surface area contributed by atoms with Gasteiger partial charge in [0.05, 0.1) is 4.47 Å². The first-order valence-corrected chi connectivity index (χ1v) is 9.07. The number of aryl methyl sites for hydroxylation is 1. The maximum absolute atomic E-state index is 12.8. The maximum Gasteiger partial charge on any atom is 0.422 e. The Kier molecular flexibility index (Phi) is 5.29. The minimum absolute atomic E-state index is 0.0301. The van der Waals surface area contributed by atoms with Crippen LogP contribution in [0.15, 0.2) is 21.3 Å². The van der Waals surface area contributed by atoms with E-state index >= 15 is 0 Å². The van der Waals surface area contributed by atoms with Gasteiger partial charge in [0.2, 0.25) is 5.89 Å². The number of hydrogen-bond acceptors (Lipinski definition) is 6. The predicted molar refractivity (Wildman–Crippen MR) is 91.5 cm³/mol. The Balaban J connectivity index is 1.80. The average Bonchev–Trinajstić information content (AvgIpc) is 3.35. The molecule has 2 heterocycles. The summed E-state index contributed by atoms with van der Waals surface area (Å²) < 4.78 is 47.2. The van der Waals surface area contributed by atoms with Crippen molar-refractivity contribution in [2.75, 3.05) is 6.61 Å². The van der Waals surface area contributed by atoms with E-state index in [1.54, 1.807) is 6.92 Å². The Morgan fingerprint density at radius 2 is 2.11 bits per heavy atom. The molecule has 10 heteroatoms. The fraction of sp³-hybridized carbons (Fsp3) is 0.529. The lowest BCUT2D eigenvalue weighted by Gasteiger charge is -2.25. The largest absolute Gasteiger partial charge is 0.483 e.